The minimum absolute atomic E-state index is 0.258. The van der Waals surface area contributed by atoms with Crippen LogP contribution in [0.4, 0.5) is 0 Å². The van der Waals surface area contributed by atoms with Crippen molar-refractivity contribution in [2.75, 3.05) is 32.1 Å². The van der Waals surface area contributed by atoms with E-state index in [0.29, 0.717) is 29.2 Å². The van der Waals surface area contributed by atoms with Crippen LogP contribution >= 0.6 is 23.4 Å². The molecule has 0 bridgehead atoms. The van der Waals surface area contributed by atoms with Gasteiger partial charge in [0.15, 0.2) is 5.17 Å². The molecule has 0 aromatic heterocycles. The number of nitrogens with zero attached hydrogens (tertiary/aromatic N) is 3. The fourth-order valence-electron chi connectivity index (χ4n) is 2.50. The standard InChI is InChI=1S/C16H20ClN5O4S2/c1-11(21-28(24,25)22-6-8-26-9-7-22)15(23)18-16-20-19-14(10-27-16)12-2-4-13(17)5-3-12/h2-5,11,21H,6-10H2,1H3,(H,18,20,23)/t11-/m0/s1. The van der Waals surface area contributed by atoms with E-state index in [9.17, 15) is 13.2 Å². The Hall–Kier alpha value is -1.50. The summed E-state index contributed by atoms with van der Waals surface area (Å²) in [6.07, 6.45) is 0. The van der Waals surface area contributed by atoms with Crippen molar-refractivity contribution in [2.45, 2.75) is 13.0 Å². The Morgan fingerprint density at radius 3 is 2.54 bits per heavy atom. The molecule has 2 aliphatic heterocycles. The molecular weight excluding hydrogens is 426 g/mol. The number of hydrogen-bond acceptors (Lipinski definition) is 7. The largest absolute Gasteiger partial charge is 0.379 e. The van der Waals surface area contributed by atoms with Gasteiger partial charge in [0.25, 0.3) is 10.2 Å². The van der Waals surface area contributed by atoms with Gasteiger partial charge in [-0.15, -0.1) is 5.10 Å². The summed E-state index contributed by atoms with van der Waals surface area (Å²) in [6, 6.07) is 6.28. The van der Waals surface area contributed by atoms with Crippen molar-refractivity contribution in [3.63, 3.8) is 0 Å². The summed E-state index contributed by atoms with van der Waals surface area (Å²) in [4.78, 5) is 12.3. The van der Waals surface area contributed by atoms with Gasteiger partial charge < -0.3 is 10.1 Å². The summed E-state index contributed by atoms with van der Waals surface area (Å²) in [6.45, 7) is 2.67. The lowest BCUT2D eigenvalue weighted by atomic mass is 10.1. The number of ether oxygens (including phenoxy) is 1. The van der Waals surface area contributed by atoms with E-state index in [1.54, 1.807) is 12.1 Å². The van der Waals surface area contributed by atoms with E-state index in [4.69, 9.17) is 16.3 Å². The van der Waals surface area contributed by atoms with Crippen molar-refractivity contribution in [1.82, 2.24) is 14.3 Å². The van der Waals surface area contributed by atoms with Crippen LogP contribution in [0.25, 0.3) is 0 Å². The molecule has 2 N–H and O–H groups in total. The molecule has 0 aliphatic carbocycles. The molecule has 3 rings (SSSR count). The number of thioether (sulfide) groups is 1. The second kappa shape index (κ2) is 9.33. The summed E-state index contributed by atoms with van der Waals surface area (Å²) in [5.41, 5.74) is 1.67. The van der Waals surface area contributed by atoms with E-state index in [-0.39, 0.29) is 13.1 Å². The zero-order valence-corrected chi connectivity index (χ0v) is 17.5. The van der Waals surface area contributed by atoms with Crippen molar-refractivity contribution in [1.29, 1.82) is 0 Å². The first-order valence-electron chi connectivity index (χ1n) is 8.54. The highest BCUT2D eigenvalue weighted by Crippen LogP contribution is 2.17. The molecule has 2 heterocycles. The lowest BCUT2D eigenvalue weighted by Gasteiger charge is -2.27. The number of amidine groups is 1. The Morgan fingerprint density at radius 1 is 1.25 bits per heavy atom. The highest BCUT2D eigenvalue weighted by atomic mass is 35.5. The van der Waals surface area contributed by atoms with Crippen LogP contribution in [0.1, 0.15) is 12.5 Å². The first-order valence-corrected chi connectivity index (χ1v) is 11.3. The van der Waals surface area contributed by atoms with Gasteiger partial charge in [0, 0.05) is 23.9 Å². The Morgan fingerprint density at radius 2 is 1.93 bits per heavy atom. The summed E-state index contributed by atoms with van der Waals surface area (Å²) in [5, 5.41) is 11.7. The first kappa shape index (κ1) is 21.2. The van der Waals surface area contributed by atoms with Gasteiger partial charge in [0.05, 0.1) is 25.0 Å². The van der Waals surface area contributed by atoms with Gasteiger partial charge in [-0.2, -0.15) is 22.5 Å². The molecule has 0 spiro atoms. The highest BCUT2D eigenvalue weighted by molar-refractivity contribution is 8.14. The fraction of sp³-hybridized carbons (Fsp3) is 0.438. The minimum atomic E-state index is -3.76. The Labute approximate surface area is 172 Å². The molecule has 0 saturated carbocycles. The van der Waals surface area contributed by atoms with E-state index < -0.39 is 22.2 Å². The number of rotatable bonds is 5. The number of nitrogens with one attached hydrogen (secondary N) is 2. The zero-order chi connectivity index (χ0) is 20.1. The predicted molar refractivity (Wildman–Crippen MR) is 110 cm³/mol. The summed E-state index contributed by atoms with van der Waals surface area (Å²) in [7, 11) is -3.76. The zero-order valence-electron chi connectivity index (χ0n) is 15.1. The Kier molecular flexibility index (Phi) is 7.07. The maximum atomic E-state index is 12.3. The van der Waals surface area contributed by atoms with Crippen LogP contribution in [0.5, 0.6) is 0 Å². The molecule has 1 aromatic carbocycles. The molecule has 1 saturated heterocycles. The van der Waals surface area contributed by atoms with Crippen LogP contribution < -0.4 is 10.0 Å². The van der Waals surface area contributed by atoms with Crippen molar-refractivity contribution < 1.29 is 17.9 Å². The molecule has 12 heteroatoms. The average molecular weight is 446 g/mol. The molecule has 2 aliphatic rings. The lowest BCUT2D eigenvalue weighted by molar-refractivity contribution is -0.120. The monoisotopic (exact) mass is 445 g/mol. The molecule has 1 aromatic rings. The summed E-state index contributed by atoms with van der Waals surface area (Å²) in [5.74, 6) is 0.0162. The molecule has 1 amide bonds. The Bertz CT molecular complexity index is 883. The molecule has 0 radical (unpaired) electrons. The van der Waals surface area contributed by atoms with Crippen molar-refractivity contribution in [3.05, 3.63) is 34.9 Å². The Balaban J connectivity index is 1.57. The normalized spacial score (nSPS) is 19.5. The average Bonchev–Trinajstić information content (AvgIpc) is 2.69. The molecular formula is C16H20ClN5O4S2. The van der Waals surface area contributed by atoms with Crippen LogP contribution in [0, 0.1) is 0 Å². The highest BCUT2D eigenvalue weighted by Gasteiger charge is 2.28. The predicted octanol–water partition coefficient (Wildman–Crippen LogP) is 0.818. The summed E-state index contributed by atoms with van der Waals surface area (Å²) < 4.78 is 33.4. The van der Waals surface area contributed by atoms with E-state index in [1.807, 2.05) is 12.1 Å². The van der Waals surface area contributed by atoms with Crippen molar-refractivity contribution in [2.24, 2.45) is 10.2 Å². The topological polar surface area (TPSA) is 112 Å². The van der Waals surface area contributed by atoms with E-state index >= 15 is 0 Å². The quantitative estimate of drug-likeness (QED) is 0.696. The minimum Gasteiger partial charge on any atom is -0.379 e. The van der Waals surface area contributed by atoms with Crippen molar-refractivity contribution >= 4 is 50.4 Å². The maximum Gasteiger partial charge on any atom is 0.280 e. The number of benzene rings is 1. The van der Waals surface area contributed by atoms with E-state index in [2.05, 4.69) is 20.2 Å². The third kappa shape index (κ3) is 5.52. The van der Waals surface area contributed by atoms with Crippen LogP contribution in [0.2, 0.25) is 5.02 Å². The number of halogens is 1. The summed E-state index contributed by atoms with van der Waals surface area (Å²) >= 11 is 7.19. The van der Waals surface area contributed by atoms with Gasteiger partial charge in [-0.1, -0.05) is 35.5 Å². The van der Waals surface area contributed by atoms with Gasteiger partial charge in [-0.25, -0.2) is 0 Å². The molecule has 9 nitrogen and oxygen atoms in total. The lowest BCUT2D eigenvalue weighted by Crippen LogP contribution is -2.53. The molecule has 1 fully saturated rings. The molecule has 0 unspecified atom stereocenters. The molecule has 152 valence electrons. The van der Waals surface area contributed by atoms with Gasteiger partial charge in [-0.05, 0) is 24.6 Å². The first-order chi connectivity index (χ1) is 13.3. The second-order valence-corrected chi connectivity index (χ2v) is 9.20. The number of hydrogen-bond donors (Lipinski definition) is 2. The van der Waals surface area contributed by atoms with Gasteiger partial charge in [0.1, 0.15) is 0 Å². The third-order valence-electron chi connectivity index (χ3n) is 4.04. The van der Waals surface area contributed by atoms with Gasteiger partial charge in [0.2, 0.25) is 5.91 Å². The van der Waals surface area contributed by atoms with E-state index in [1.165, 1.54) is 23.0 Å². The van der Waals surface area contributed by atoms with Crippen molar-refractivity contribution in [3.8, 4) is 0 Å². The number of morpholine rings is 1. The smallest absolute Gasteiger partial charge is 0.280 e. The van der Waals surface area contributed by atoms with Gasteiger partial charge >= 0.3 is 0 Å². The second-order valence-electron chi connectivity index (χ2n) is 6.09. The third-order valence-corrected chi connectivity index (χ3v) is 6.87. The SMILES string of the molecule is C[C@H](NS(=O)(=O)N1CCOCC1)C(=O)NC1=NN=C(c2ccc(Cl)cc2)CS1. The fourth-order valence-corrected chi connectivity index (χ4v) is 4.72. The van der Waals surface area contributed by atoms with Crippen LogP contribution in [0.15, 0.2) is 34.5 Å². The van der Waals surface area contributed by atoms with Gasteiger partial charge in [-0.3, -0.25) is 4.79 Å². The number of carbonyl (C=O) groups excluding carboxylic acids is 1. The number of carbonyl (C=O) groups is 1. The van der Waals surface area contributed by atoms with Crippen LogP contribution in [0.3, 0.4) is 0 Å². The van der Waals surface area contributed by atoms with Crippen LogP contribution in [-0.4, -0.2) is 67.6 Å². The number of amides is 1. The molecule has 1 atom stereocenters. The van der Waals surface area contributed by atoms with E-state index in [0.717, 1.165) is 11.3 Å². The van der Waals surface area contributed by atoms with Crippen LogP contribution in [-0.2, 0) is 19.7 Å². The molecule has 28 heavy (non-hydrogen) atoms. The maximum absolute atomic E-state index is 12.3.